The maximum Gasteiger partial charge on any atom is 0.222 e. The lowest BCUT2D eigenvalue weighted by Gasteiger charge is -2.39. The van der Waals surface area contributed by atoms with Gasteiger partial charge in [0.25, 0.3) is 0 Å². The molecule has 1 aliphatic carbocycles. The molecule has 2 heterocycles. The first kappa shape index (κ1) is 11.0. The molecular formula is C11H15ClN4O. The summed E-state index contributed by atoms with van der Waals surface area (Å²) in [6, 6.07) is 0.397. The SMILES string of the molecule is Cc1nc(N)nc(N[C@@H]2C[C@H]3OCC[C@@H]23)c1Cl. The van der Waals surface area contributed by atoms with Crippen LogP contribution in [0.3, 0.4) is 0 Å². The first-order valence-corrected chi connectivity index (χ1v) is 6.20. The first-order chi connectivity index (χ1) is 8.15. The summed E-state index contributed by atoms with van der Waals surface area (Å²) in [5, 5.41) is 3.91. The van der Waals surface area contributed by atoms with E-state index in [1.165, 1.54) is 0 Å². The van der Waals surface area contributed by atoms with Gasteiger partial charge in [0.05, 0.1) is 11.8 Å². The highest BCUT2D eigenvalue weighted by Crippen LogP contribution is 2.40. The zero-order chi connectivity index (χ0) is 12.0. The van der Waals surface area contributed by atoms with Gasteiger partial charge in [0.1, 0.15) is 5.02 Å². The number of ether oxygens (including phenoxy) is 1. The maximum atomic E-state index is 6.16. The number of nitrogens with two attached hydrogens (primary N) is 1. The number of hydrogen-bond acceptors (Lipinski definition) is 5. The van der Waals surface area contributed by atoms with E-state index in [0.29, 0.717) is 34.6 Å². The molecule has 3 N–H and O–H groups in total. The molecule has 3 atom stereocenters. The summed E-state index contributed by atoms with van der Waals surface area (Å²) in [6.07, 6.45) is 2.55. The van der Waals surface area contributed by atoms with Crippen molar-refractivity contribution in [2.24, 2.45) is 5.92 Å². The molecule has 2 fully saturated rings. The van der Waals surface area contributed by atoms with Gasteiger partial charge in [-0.2, -0.15) is 4.98 Å². The second-order valence-corrected chi connectivity index (χ2v) is 5.06. The molecule has 92 valence electrons. The van der Waals surface area contributed by atoms with Gasteiger partial charge in [0.2, 0.25) is 5.95 Å². The predicted molar refractivity (Wildman–Crippen MR) is 66.1 cm³/mol. The Bertz CT molecular complexity index is 453. The van der Waals surface area contributed by atoms with E-state index in [1.54, 1.807) is 0 Å². The van der Waals surface area contributed by atoms with E-state index in [0.717, 1.165) is 19.4 Å². The average Bonchev–Trinajstić information content (AvgIpc) is 2.63. The summed E-state index contributed by atoms with van der Waals surface area (Å²) in [7, 11) is 0. The fraction of sp³-hybridized carbons (Fsp3) is 0.636. The summed E-state index contributed by atoms with van der Waals surface area (Å²) in [6.45, 7) is 2.69. The smallest absolute Gasteiger partial charge is 0.222 e. The second-order valence-electron chi connectivity index (χ2n) is 4.68. The summed E-state index contributed by atoms with van der Waals surface area (Å²) >= 11 is 6.16. The van der Waals surface area contributed by atoms with Crippen LogP contribution in [0.4, 0.5) is 11.8 Å². The minimum absolute atomic E-state index is 0.257. The van der Waals surface area contributed by atoms with E-state index in [-0.39, 0.29) is 5.95 Å². The van der Waals surface area contributed by atoms with E-state index in [4.69, 9.17) is 22.1 Å². The predicted octanol–water partition coefficient (Wildman–Crippen LogP) is 1.61. The Balaban J connectivity index is 1.77. The fourth-order valence-electron chi connectivity index (χ4n) is 2.62. The van der Waals surface area contributed by atoms with Crippen molar-refractivity contribution in [3.63, 3.8) is 0 Å². The van der Waals surface area contributed by atoms with Crippen LogP contribution in [0.25, 0.3) is 0 Å². The molecule has 1 saturated heterocycles. The highest BCUT2D eigenvalue weighted by Gasteiger charge is 2.45. The molecule has 0 radical (unpaired) electrons. The van der Waals surface area contributed by atoms with Crippen molar-refractivity contribution in [2.75, 3.05) is 17.7 Å². The molecule has 6 heteroatoms. The van der Waals surface area contributed by atoms with Crippen LogP contribution in [-0.2, 0) is 4.74 Å². The van der Waals surface area contributed by atoms with Crippen molar-refractivity contribution < 1.29 is 4.74 Å². The lowest BCUT2D eigenvalue weighted by atomic mass is 9.76. The third kappa shape index (κ3) is 1.83. The Morgan fingerprint density at radius 2 is 2.29 bits per heavy atom. The van der Waals surface area contributed by atoms with Crippen LogP contribution in [0.2, 0.25) is 5.02 Å². The number of rotatable bonds is 2. The van der Waals surface area contributed by atoms with E-state index in [2.05, 4.69) is 15.3 Å². The van der Waals surface area contributed by atoms with Crippen molar-refractivity contribution in [3.8, 4) is 0 Å². The van der Waals surface area contributed by atoms with Gasteiger partial charge in [-0.25, -0.2) is 4.98 Å². The van der Waals surface area contributed by atoms with E-state index in [9.17, 15) is 0 Å². The number of fused-ring (bicyclic) bond motifs is 1. The lowest BCUT2D eigenvalue weighted by Crippen LogP contribution is -2.47. The van der Waals surface area contributed by atoms with E-state index in [1.807, 2.05) is 6.92 Å². The molecule has 3 rings (SSSR count). The van der Waals surface area contributed by atoms with Crippen LogP contribution in [0.1, 0.15) is 18.5 Å². The van der Waals surface area contributed by atoms with Crippen LogP contribution < -0.4 is 11.1 Å². The van der Waals surface area contributed by atoms with Gasteiger partial charge >= 0.3 is 0 Å². The molecule has 0 amide bonds. The zero-order valence-electron chi connectivity index (χ0n) is 9.61. The summed E-state index contributed by atoms with van der Waals surface area (Å²) in [5.41, 5.74) is 6.33. The van der Waals surface area contributed by atoms with Crippen LogP contribution in [0.15, 0.2) is 0 Å². The highest BCUT2D eigenvalue weighted by atomic mass is 35.5. The quantitative estimate of drug-likeness (QED) is 0.839. The van der Waals surface area contributed by atoms with Crippen LogP contribution >= 0.6 is 11.6 Å². The maximum absolute atomic E-state index is 6.16. The number of hydrogen-bond donors (Lipinski definition) is 2. The molecule has 1 aliphatic heterocycles. The standard InChI is InChI=1S/C11H15ClN4O/c1-5-9(12)10(16-11(13)14-5)15-7-4-8-6(7)2-3-17-8/h6-8H,2-4H2,1H3,(H3,13,14,15,16)/t6-,7+,8+/m0/s1. The molecule has 1 saturated carbocycles. The van der Waals surface area contributed by atoms with E-state index >= 15 is 0 Å². The van der Waals surface area contributed by atoms with Gasteiger partial charge < -0.3 is 15.8 Å². The summed E-state index contributed by atoms with van der Waals surface area (Å²) in [4.78, 5) is 8.17. The number of nitrogen functional groups attached to an aromatic ring is 1. The minimum Gasteiger partial charge on any atom is -0.378 e. The molecule has 17 heavy (non-hydrogen) atoms. The number of anilines is 2. The Morgan fingerprint density at radius 3 is 3.06 bits per heavy atom. The van der Waals surface area contributed by atoms with Crippen LogP contribution in [-0.4, -0.2) is 28.7 Å². The van der Waals surface area contributed by atoms with Gasteiger partial charge in [-0.05, 0) is 19.8 Å². The average molecular weight is 255 g/mol. The fourth-order valence-corrected chi connectivity index (χ4v) is 2.75. The number of nitrogens with zero attached hydrogens (tertiary/aromatic N) is 2. The van der Waals surface area contributed by atoms with Gasteiger partial charge in [-0.15, -0.1) is 0 Å². The number of aryl methyl sites for hydroxylation is 1. The van der Waals surface area contributed by atoms with Crippen molar-refractivity contribution >= 4 is 23.4 Å². The Kier molecular flexibility index (Phi) is 2.60. The minimum atomic E-state index is 0.257. The summed E-state index contributed by atoms with van der Waals surface area (Å²) < 4.78 is 5.57. The van der Waals surface area contributed by atoms with Crippen LogP contribution in [0.5, 0.6) is 0 Å². The lowest BCUT2D eigenvalue weighted by molar-refractivity contribution is 0.0246. The number of halogens is 1. The zero-order valence-corrected chi connectivity index (χ0v) is 10.4. The molecule has 1 aromatic heterocycles. The third-order valence-electron chi connectivity index (χ3n) is 3.62. The molecular weight excluding hydrogens is 240 g/mol. The van der Waals surface area contributed by atoms with Gasteiger partial charge in [0, 0.05) is 18.6 Å². The highest BCUT2D eigenvalue weighted by molar-refractivity contribution is 6.33. The van der Waals surface area contributed by atoms with Gasteiger partial charge in [0.15, 0.2) is 5.82 Å². The van der Waals surface area contributed by atoms with Crippen molar-refractivity contribution in [1.29, 1.82) is 0 Å². The molecule has 0 unspecified atom stereocenters. The second kappa shape index (κ2) is 3.99. The topological polar surface area (TPSA) is 73.1 Å². The molecule has 1 aromatic rings. The van der Waals surface area contributed by atoms with Crippen LogP contribution in [0, 0.1) is 12.8 Å². The molecule has 0 aromatic carbocycles. The molecule has 0 bridgehead atoms. The number of nitrogens with one attached hydrogen (secondary N) is 1. The molecule has 5 nitrogen and oxygen atoms in total. The monoisotopic (exact) mass is 254 g/mol. The van der Waals surface area contributed by atoms with Gasteiger partial charge in [-0.3, -0.25) is 0 Å². The molecule has 2 aliphatic rings. The van der Waals surface area contributed by atoms with Crippen molar-refractivity contribution in [1.82, 2.24) is 9.97 Å². The summed E-state index contributed by atoms with van der Waals surface area (Å²) in [5.74, 6) is 1.49. The largest absolute Gasteiger partial charge is 0.378 e. The van der Waals surface area contributed by atoms with Crippen molar-refractivity contribution in [3.05, 3.63) is 10.7 Å². The van der Waals surface area contributed by atoms with E-state index < -0.39 is 0 Å². The Labute approximate surface area is 105 Å². The Hall–Kier alpha value is -1.07. The third-order valence-corrected chi connectivity index (χ3v) is 4.07. The van der Waals surface area contributed by atoms with Gasteiger partial charge in [-0.1, -0.05) is 11.6 Å². The van der Waals surface area contributed by atoms with Crippen molar-refractivity contribution in [2.45, 2.75) is 31.9 Å². The normalized spacial score (nSPS) is 30.8. The Morgan fingerprint density at radius 1 is 1.47 bits per heavy atom. The molecule has 0 spiro atoms. The number of aromatic nitrogens is 2. The first-order valence-electron chi connectivity index (χ1n) is 5.83.